The monoisotopic (exact) mass is 253 g/mol. The van der Waals surface area contributed by atoms with Crippen molar-refractivity contribution >= 4 is 5.96 Å². The number of rotatable bonds is 3. The van der Waals surface area contributed by atoms with E-state index < -0.39 is 0 Å². The Bertz CT molecular complexity index is 265. The van der Waals surface area contributed by atoms with Crippen LogP contribution >= 0.6 is 0 Å². The third-order valence-corrected chi connectivity index (χ3v) is 3.41. The van der Waals surface area contributed by atoms with Gasteiger partial charge in [-0.15, -0.1) is 0 Å². The van der Waals surface area contributed by atoms with Gasteiger partial charge < -0.3 is 10.2 Å². The second kappa shape index (κ2) is 7.01. The predicted octanol–water partition coefficient (Wildman–Crippen LogP) is 3.12. The summed E-state index contributed by atoms with van der Waals surface area (Å²) in [6, 6.07) is 0. The maximum Gasteiger partial charge on any atom is 0.193 e. The topological polar surface area (TPSA) is 27.6 Å². The Morgan fingerprint density at radius 1 is 1.39 bits per heavy atom. The molecule has 0 spiro atoms. The first kappa shape index (κ1) is 15.3. The molecule has 1 aliphatic heterocycles. The van der Waals surface area contributed by atoms with E-state index >= 15 is 0 Å². The van der Waals surface area contributed by atoms with Crippen LogP contribution in [0, 0.1) is 11.3 Å². The molecule has 1 rings (SSSR count). The highest BCUT2D eigenvalue weighted by molar-refractivity contribution is 5.80. The standard InChI is InChI=1S/C15H31N3/c1-6-16-14(17-10-9-15(3,4)5)18-11-7-8-13(2)12-18/h13H,6-12H2,1-5H3,(H,16,17). The Morgan fingerprint density at radius 2 is 2.11 bits per heavy atom. The van der Waals surface area contributed by atoms with E-state index in [1.165, 1.54) is 12.8 Å². The fraction of sp³-hybridized carbons (Fsp3) is 0.933. The highest BCUT2D eigenvalue weighted by atomic mass is 15.3. The molecule has 1 heterocycles. The minimum atomic E-state index is 0.371. The van der Waals surface area contributed by atoms with Crippen LogP contribution in [0.4, 0.5) is 0 Å². The summed E-state index contributed by atoms with van der Waals surface area (Å²) >= 11 is 0. The summed E-state index contributed by atoms with van der Waals surface area (Å²) in [7, 11) is 0. The Balaban J connectivity index is 2.54. The summed E-state index contributed by atoms with van der Waals surface area (Å²) in [6.07, 6.45) is 3.80. The van der Waals surface area contributed by atoms with Crippen LogP contribution in [0.2, 0.25) is 0 Å². The molecule has 1 atom stereocenters. The van der Waals surface area contributed by atoms with E-state index in [1.54, 1.807) is 0 Å². The first-order valence-electron chi connectivity index (χ1n) is 7.45. The zero-order chi connectivity index (χ0) is 13.6. The quantitative estimate of drug-likeness (QED) is 0.618. The third-order valence-electron chi connectivity index (χ3n) is 3.41. The summed E-state index contributed by atoms with van der Waals surface area (Å²) in [6.45, 7) is 15.5. The van der Waals surface area contributed by atoms with Crippen LogP contribution in [0.15, 0.2) is 4.99 Å². The van der Waals surface area contributed by atoms with Crippen molar-refractivity contribution in [2.45, 2.75) is 53.9 Å². The van der Waals surface area contributed by atoms with E-state index in [4.69, 9.17) is 4.99 Å². The number of likely N-dealkylation sites (tertiary alicyclic amines) is 1. The minimum absolute atomic E-state index is 0.371. The van der Waals surface area contributed by atoms with Gasteiger partial charge in [-0.2, -0.15) is 0 Å². The molecule has 1 fully saturated rings. The van der Waals surface area contributed by atoms with Crippen LogP contribution in [0.25, 0.3) is 0 Å². The normalized spacial score (nSPS) is 22.2. The lowest BCUT2D eigenvalue weighted by Crippen LogP contribution is -2.46. The number of guanidine groups is 1. The van der Waals surface area contributed by atoms with Gasteiger partial charge >= 0.3 is 0 Å². The van der Waals surface area contributed by atoms with E-state index in [1.807, 2.05) is 0 Å². The van der Waals surface area contributed by atoms with Crippen LogP contribution < -0.4 is 5.32 Å². The van der Waals surface area contributed by atoms with Crippen molar-refractivity contribution in [3.05, 3.63) is 0 Å². The molecule has 106 valence electrons. The van der Waals surface area contributed by atoms with Gasteiger partial charge in [-0.1, -0.05) is 27.7 Å². The number of nitrogens with one attached hydrogen (secondary N) is 1. The molecule has 1 aliphatic rings. The van der Waals surface area contributed by atoms with Crippen molar-refractivity contribution in [1.29, 1.82) is 0 Å². The van der Waals surface area contributed by atoms with Crippen LogP contribution in [-0.2, 0) is 0 Å². The second-order valence-corrected chi connectivity index (χ2v) is 6.74. The minimum Gasteiger partial charge on any atom is -0.357 e. The van der Waals surface area contributed by atoms with E-state index in [0.29, 0.717) is 5.41 Å². The second-order valence-electron chi connectivity index (χ2n) is 6.74. The van der Waals surface area contributed by atoms with Crippen molar-refractivity contribution in [3.63, 3.8) is 0 Å². The predicted molar refractivity (Wildman–Crippen MR) is 80.0 cm³/mol. The summed E-state index contributed by atoms with van der Waals surface area (Å²) in [5, 5.41) is 3.44. The molecule has 0 amide bonds. The SMILES string of the molecule is CCNC(=NCCC(C)(C)C)N1CCCC(C)C1. The highest BCUT2D eigenvalue weighted by Gasteiger charge is 2.19. The first-order chi connectivity index (χ1) is 8.42. The Kier molecular flexibility index (Phi) is 5.97. The van der Waals surface area contributed by atoms with Gasteiger partial charge in [-0.3, -0.25) is 4.99 Å². The fourth-order valence-electron chi connectivity index (χ4n) is 2.30. The average molecular weight is 253 g/mol. The lowest BCUT2D eigenvalue weighted by atomic mass is 9.92. The Morgan fingerprint density at radius 3 is 2.67 bits per heavy atom. The molecule has 3 nitrogen and oxygen atoms in total. The van der Waals surface area contributed by atoms with Crippen LogP contribution in [0.3, 0.4) is 0 Å². The van der Waals surface area contributed by atoms with Gasteiger partial charge in [0.2, 0.25) is 0 Å². The summed E-state index contributed by atoms with van der Waals surface area (Å²) in [4.78, 5) is 7.22. The zero-order valence-corrected chi connectivity index (χ0v) is 12.9. The molecule has 0 saturated carbocycles. The van der Waals surface area contributed by atoms with Crippen LogP contribution in [0.5, 0.6) is 0 Å². The van der Waals surface area contributed by atoms with Gasteiger partial charge in [-0.25, -0.2) is 0 Å². The van der Waals surface area contributed by atoms with E-state index in [9.17, 15) is 0 Å². The third kappa shape index (κ3) is 5.74. The Labute approximate surface area is 113 Å². The van der Waals surface area contributed by atoms with E-state index in [2.05, 4.69) is 44.8 Å². The molecule has 1 saturated heterocycles. The highest BCUT2D eigenvalue weighted by Crippen LogP contribution is 2.19. The summed E-state index contributed by atoms with van der Waals surface area (Å²) < 4.78 is 0. The average Bonchev–Trinajstić information content (AvgIpc) is 2.26. The van der Waals surface area contributed by atoms with Gasteiger partial charge in [0.25, 0.3) is 0 Å². The molecule has 18 heavy (non-hydrogen) atoms. The van der Waals surface area contributed by atoms with Crippen molar-refractivity contribution in [3.8, 4) is 0 Å². The van der Waals surface area contributed by atoms with Gasteiger partial charge in [0, 0.05) is 26.2 Å². The molecule has 0 bridgehead atoms. The van der Waals surface area contributed by atoms with Crippen molar-refractivity contribution < 1.29 is 0 Å². The van der Waals surface area contributed by atoms with Gasteiger partial charge in [0.1, 0.15) is 0 Å². The van der Waals surface area contributed by atoms with E-state index in [-0.39, 0.29) is 0 Å². The lowest BCUT2D eigenvalue weighted by molar-refractivity contribution is 0.265. The molecule has 1 N–H and O–H groups in total. The first-order valence-corrected chi connectivity index (χ1v) is 7.45. The molecule has 0 aliphatic carbocycles. The van der Waals surface area contributed by atoms with Gasteiger partial charge in [0.05, 0.1) is 0 Å². The van der Waals surface area contributed by atoms with Gasteiger partial charge in [0.15, 0.2) is 5.96 Å². The lowest BCUT2D eigenvalue weighted by Gasteiger charge is -2.33. The van der Waals surface area contributed by atoms with Crippen LogP contribution in [-0.4, -0.2) is 37.0 Å². The molecule has 3 heteroatoms. The maximum atomic E-state index is 4.79. The number of nitrogens with zero attached hydrogens (tertiary/aromatic N) is 2. The number of hydrogen-bond donors (Lipinski definition) is 1. The molecule has 0 aromatic carbocycles. The summed E-state index contributed by atoms with van der Waals surface area (Å²) in [5.41, 5.74) is 0.371. The van der Waals surface area contributed by atoms with E-state index in [0.717, 1.165) is 44.5 Å². The number of piperidine rings is 1. The van der Waals surface area contributed by atoms with Crippen molar-refractivity contribution in [2.24, 2.45) is 16.3 Å². The molecule has 0 radical (unpaired) electrons. The number of hydrogen-bond acceptors (Lipinski definition) is 1. The molecular formula is C15H31N3. The Hall–Kier alpha value is -0.730. The molecule has 0 aromatic heterocycles. The molecule has 0 aromatic rings. The number of aliphatic imine (C=N–C) groups is 1. The smallest absolute Gasteiger partial charge is 0.193 e. The molecule has 1 unspecified atom stereocenters. The molecular weight excluding hydrogens is 222 g/mol. The summed E-state index contributed by atoms with van der Waals surface area (Å²) in [5.74, 6) is 1.92. The largest absolute Gasteiger partial charge is 0.357 e. The van der Waals surface area contributed by atoms with Gasteiger partial charge in [-0.05, 0) is 37.5 Å². The maximum absolute atomic E-state index is 4.79. The van der Waals surface area contributed by atoms with Crippen molar-refractivity contribution in [2.75, 3.05) is 26.2 Å². The zero-order valence-electron chi connectivity index (χ0n) is 12.9. The van der Waals surface area contributed by atoms with Crippen LogP contribution in [0.1, 0.15) is 53.9 Å². The van der Waals surface area contributed by atoms with Crippen molar-refractivity contribution in [1.82, 2.24) is 10.2 Å². The fourth-order valence-corrected chi connectivity index (χ4v) is 2.30.